The molecule has 36 heavy (non-hydrogen) atoms. The lowest BCUT2D eigenvalue weighted by molar-refractivity contribution is -0.141. The zero-order valence-corrected chi connectivity index (χ0v) is 21.9. The number of methoxy groups -OCH3 is 1. The van der Waals surface area contributed by atoms with Crippen molar-refractivity contribution in [2.45, 2.75) is 37.8 Å². The van der Waals surface area contributed by atoms with Crippen LogP contribution in [-0.2, 0) is 26.2 Å². The van der Waals surface area contributed by atoms with Gasteiger partial charge in [0.05, 0.1) is 18.6 Å². The number of amides is 2. The summed E-state index contributed by atoms with van der Waals surface area (Å²) < 4.78 is 32.8. The van der Waals surface area contributed by atoms with Crippen LogP contribution in [0.15, 0.2) is 71.6 Å². The van der Waals surface area contributed by atoms with Crippen molar-refractivity contribution in [1.29, 1.82) is 0 Å². The summed E-state index contributed by atoms with van der Waals surface area (Å²) in [6.07, 6.45) is 0.384. The van der Waals surface area contributed by atoms with E-state index in [9.17, 15) is 18.0 Å². The van der Waals surface area contributed by atoms with E-state index in [1.807, 2.05) is 50.2 Å². The number of ether oxygens (including phenoxy) is 1. The van der Waals surface area contributed by atoms with Gasteiger partial charge in [0.1, 0.15) is 11.8 Å². The summed E-state index contributed by atoms with van der Waals surface area (Å²) in [6, 6.07) is 18.8. The molecule has 0 heterocycles. The van der Waals surface area contributed by atoms with Crippen LogP contribution in [0.4, 0.5) is 0 Å². The van der Waals surface area contributed by atoms with Gasteiger partial charge in [-0.05, 0) is 53.9 Å². The van der Waals surface area contributed by atoms with Crippen LogP contribution in [0.25, 0.3) is 10.8 Å². The highest BCUT2D eigenvalue weighted by molar-refractivity contribution is 7.89. The number of rotatable bonds is 11. The summed E-state index contributed by atoms with van der Waals surface area (Å²) in [5.41, 5.74) is 0.798. The average Bonchev–Trinajstić information content (AvgIpc) is 2.88. The van der Waals surface area contributed by atoms with Gasteiger partial charge in [-0.15, -0.1) is 0 Å². The maximum Gasteiger partial charge on any atom is 0.243 e. The minimum absolute atomic E-state index is 0.106. The minimum atomic E-state index is -3.94. The number of hydrogen-bond donors (Lipinski definition) is 1. The zero-order chi connectivity index (χ0) is 26.3. The highest BCUT2D eigenvalue weighted by Gasteiger charge is 2.31. The Bertz CT molecular complexity index is 1310. The first kappa shape index (κ1) is 27.2. The van der Waals surface area contributed by atoms with Crippen molar-refractivity contribution in [2.24, 2.45) is 0 Å². The van der Waals surface area contributed by atoms with E-state index in [2.05, 4.69) is 5.32 Å². The Morgan fingerprint density at radius 3 is 2.25 bits per heavy atom. The van der Waals surface area contributed by atoms with Gasteiger partial charge in [0.2, 0.25) is 21.8 Å². The van der Waals surface area contributed by atoms with E-state index in [0.717, 1.165) is 20.6 Å². The van der Waals surface area contributed by atoms with Gasteiger partial charge in [-0.2, -0.15) is 4.31 Å². The molecule has 0 unspecified atom stereocenters. The molecule has 0 aliphatic rings. The van der Waals surface area contributed by atoms with Crippen LogP contribution in [0.5, 0.6) is 5.75 Å². The van der Waals surface area contributed by atoms with Gasteiger partial charge in [-0.1, -0.05) is 49.4 Å². The number of nitrogens with zero attached hydrogens (tertiary/aromatic N) is 2. The van der Waals surface area contributed by atoms with Gasteiger partial charge in [0.15, 0.2) is 0 Å². The SMILES string of the molecule is CCNC(=O)[C@@H](CC)N(Cc1ccc(OC)cc1)C(=O)CN(C)S(=O)(=O)c1ccc2ccccc2c1. The van der Waals surface area contributed by atoms with Crippen LogP contribution >= 0.6 is 0 Å². The Morgan fingerprint density at radius 1 is 0.972 bits per heavy atom. The van der Waals surface area contributed by atoms with Gasteiger partial charge in [0, 0.05) is 20.1 Å². The largest absolute Gasteiger partial charge is 0.497 e. The van der Waals surface area contributed by atoms with Crippen LogP contribution in [0.1, 0.15) is 25.8 Å². The molecule has 0 spiro atoms. The molecule has 0 bridgehead atoms. The van der Waals surface area contributed by atoms with E-state index in [1.165, 1.54) is 18.0 Å². The van der Waals surface area contributed by atoms with Crippen molar-refractivity contribution < 1.29 is 22.7 Å². The molecule has 192 valence electrons. The molecule has 0 aliphatic carbocycles. The van der Waals surface area contributed by atoms with Gasteiger partial charge in [-0.3, -0.25) is 9.59 Å². The number of nitrogens with one attached hydrogen (secondary N) is 1. The van der Waals surface area contributed by atoms with Crippen molar-refractivity contribution in [3.63, 3.8) is 0 Å². The molecule has 0 aromatic heterocycles. The predicted octanol–water partition coefficient (Wildman–Crippen LogP) is 3.41. The van der Waals surface area contributed by atoms with Crippen LogP contribution < -0.4 is 10.1 Å². The molecule has 8 nitrogen and oxygen atoms in total. The highest BCUT2D eigenvalue weighted by atomic mass is 32.2. The summed E-state index contributed by atoms with van der Waals surface area (Å²) in [4.78, 5) is 27.8. The van der Waals surface area contributed by atoms with Gasteiger partial charge in [-0.25, -0.2) is 8.42 Å². The van der Waals surface area contributed by atoms with E-state index < -0.39 is 28.5 Å². The number of carbonyl (C=O) groups excluding carboxylic acids is 2. The topological polar surface area (TPSA) is 96.0 Å². The van der Waals surface area contributed by atoms with Crippen molar-refractivity contribution in [3.8, 4) is 5.75 Å². The number of benzene rings is 3. The van der Waals surface area contributed by atoms with E-state index in [-0.39, 0.29) is 17.3 Å². The predicted molar refractivity (Wildman–Crippen MR) is 140 cm³/mol. The number of likely N-dealkylation sites (N-methyl/N-ethyl adjacent to an activating group) is 2. The fourth-order valence-corrected chi connectivity index (χ4v) is 5.17. The third kappa shape index (κ3) is 6.22. The van der Waals surface area contributed by atoms with E-state index in [1.54, 1.807) is 31.4 Å². The Labute approximate surface area is 212 Å². The number of sulfonamides is 1. The highest BCUT2D eigenvalue weighted by Crippen LogP contribution is 2.22. The molecule has 0 aliphatic heterocycles. The molecular weight excluding hydrogens is 478 g/mol. The van der Waals surface area contributed by atoms with E-state index in [4.69, 9.17) is 4.74 Å². The van der Waals surface area contributed by atoms with Gasteiger partial charge < -0.3 is 15.0 Å². The summed E-state index contributed by atoms with van der Waals surface area (Å²) in [5.74, 6) is -0.0636. The molecule has 9 heteroatoms. The van der Waals surface area contributed by atoms with E-state index >= 15 is 0 Å². The molecule has 2 amide bonds. The Hall–Kier alpha value is -3.43. The second-order valence-electron chi connectivity index (χ2n) is 8.46. The lowest BCUT2D eigenvalue weighted by Crippen LogP contribution is -2.51. The lowest BCUT2D eigenvalue weighted by atomic mass is 10.1. The number of carbonyl (C=O) groups is 2. The molecule has 3 aromatic carbocycles. The second kappa shape index (κ2) is 12.0. The molecule has 0 saturated carbocycles. The second-order valence-corrected chi connectivity index (χ2v) is 10.5. The number of fused-ring (bicyclic) bond motifs is 1. The van der Waals surface area contributed by atoms with Crippen molar-refractivity contribution in [2.75, 3.05) is 27.2 Å². The molecule has 1 N–H and O–H groups in total. The summed E-state index contributed by atoms with van der Waals surface area (Å²) in [7, 11) is -0.991. The molecule has 3 rings (SSSR count). The van der Waals surface area contributed by atoms with Gasteiger partial charge >= 0.3 is 0 Å². The molecular formula is C27H33N3O5S. The van der Waals surface area contributed by atoms with Crippen LogP contribution in [-0.4, -0.2) is 62.7 Å². The maximum absolute atomic E-state index is 13.5. The quantitative estimate of drug-likeness (QED) is 0.426. The molecule has 0 radical (unpaired) electrons. The average molecular weight is 512 g/mol. The molecule has 3 aromatic rings. The van der Waals surface area contributed by atoms with Crippen LogP contribution in [0, 0.1) is 0 Å². The first-order chi connectivity index (χ1) is 17.2. The van der Waals surface area contributed by atoms with Crippen molar-refractivity contribution in [1.82, 2.24) is 14.5 Å². The normalized spacial score (nSPS) is 12.4. The fraction of sp³-hybridized carbons (Fsp3) is 0.333. The first-order valence-electron chi connectivity index (χ1n) is 11.9. The zero-order valence-electron chi connectivity index (χ0n) is 21.1. The van der Waals surface area contributed by atoms with Crippen molar-refractivity contribution in [3.05, 3.63) is 72.3 Å². The first-order valence-corrected chi connectivity index (χ1v) is 13.3. The maximum atomic E-state index is 13.5. The van der Waals surface area contributed by atoms with Crippen molar-refractivity contribution >= 4 is 32.6 Å². The summed E-state index contributed by atoms with van der Waals surface area (Å²) >= 11 is 0. The third-order valence-electron chi connectivity index (χ3n) is 6.04. The molecule has 1 atom stereocenters. The third-order valence-corrected chi connectivity index (χ3v) is 7.84. The molecule has 0 saturated heterocycles. The van der Waals surface area contributed by atoms with Crippen LogP contribution in [0.3, 0.4) is 0 Å². The summed E-state index contributed by atoms with van der Waals surface area (Å²) in [5, 5.41) is 4.50. The Kier molecular flexibility index (Phi) is 9.06. The number of hydrogen-bond acceptors (Lipinski definition) is 5. The summed E-state index contributed by atoms with van der Waals surface area (Å²) in [6.45, 7) is 3.81. The lowest BCUT2D eigenvalue weighted by Gasteiger charge is -2.32. The minimum Gasteiger partial charge on any atom is -0.497 e. The Balaban J connectivity index is 1.87. The smallest absolute Gasteiger partial charge is 0.243 e. The van der Waals surface area contributed by atoms with E-state index in [0.29, 0.717) is 18.7 Å². The Morgan fingerprint density at radius 2 is 1.64 bits per heavy atom. The van der Waals surface area contributed by atoms with Crippen LogP contribution in [0.2, 0.25) is 0 Å². The van der Waals surface area contributed by atoms with Gasteiger partial charge in [0.25, 0.3) is 0 Å². The standard InChI is InChI=1S/C27H33N3O5S/c1-5-25(27(32)28-6-2)30(18-20-11-14-23(35-4)15-12-20)26(31)19-29(3)36(33,34)24-16-13-21-9-7-8-10-22(21)17-24/h7-17,25H,5-6,18-19H2,1-4H3,(H,28,32)/t25-/m1/s1. The monoisotopic (exact) mass is 511 g/mol. The molecule has 0 fully saturated rings. The fourth-order valence-electron chi connectivity index (χ4n) is 4.01.